The van der Waals surface area contributed by atoms with E-state index in [1.807, 2.05) is 0 Å². The van der Waals surface area contributed by atoms with Gasteiger partial charge in [0, 0.05) is 0 Å². The first-order valence-corrected chi connectivity index (χ1v) is 11.0. The molecular weight excluding hydrogens is 516 g/mol. The molecule has 0 radical (unpaired) electrons. The Labute approximate surface area is 208 Å². The minimum absolute atomic E-state index is 0.666. The van der Waals surface area contributed by atoms with Crippen LogP contribution >= 0.6 is 0 Å². The average Bonchev–Trinajstić information content (AvgIpc) is 2.88. The van der Waals surface area contributed by atoms with Crippen LogP contribution in [0.15, 0.2) is 0 Å². The van der Waals surface area contributed by atoms with Gasteiger partial charge in [-0.3, -0.25) is 4.79 Å². The second-order valence-electron chi connectivity index (χ2n) is 8.54. The topological polar surface area (TPSA) is 314 Å². The van der Waals surface area contributed by atoms with Crippen molar-refractivity contribution in [2.75, 3.05) is 19.8 Å². The lowest BCUT2D eigenvalue weighted by Crippen LogP contribution is -2.62. The molecule has 37 heavy (non-hydrogen) atoms. The van der Waals surface area contributed by atoms with E-state index in [9.17, 15) is 65.8 Å². The van der Waals surface area contributed by atoms with E-state index < -0.39 is 117 Å². The van der Waals surface area contributed by atoms with Crippen LogP contribution in [-0.2, 0) is 28.5 Å². The molecule has 0 aromatic carbocycles. The summed E-state index contributed by atoms with van der Waals surface area (Å²) in [5, 5.41) is 117. The molecule has 0 amide bonds. The van der Waals surface area contributed by atoms with Gasteiger partial charge in [0.2, 0.25) is 0 Å². The molecule has 0 aromatic rings. The lowest BCUT2D eigenvalue weighted by molar-refractivity contribution is -0.333. The zero-order valence-electron chi connectivity index (χ0n) is 19.0. The number of Topliss-reactive ketones (excluding diaryl/α,β-unsaturated/α-hetero) is 1. The van der Waals surface area contributed by atoms with Crippen LogP contribution in [0.3, 0.4) is 0 Å². The number of ketones is 1. The van der Waals surface area contributed by atoms with Crippen LogP contribution in [-0.4, -0.2) is 179 Å². The summed E-state index contributed by atoms with van der Waals surface area (Å²) in [6.07, 6.45) is -26.4. The summed E-state index contributed by atoms with van der Waals surface area (Å²) < 4.78 is 20.7. The van der Waals surface area contributed by atoms with E-state index in [1.54, 1.807) is 0 Å². The van der Waals surface area contributed by atoms with E-state index in [0.29, 0.717) is 0 Å². The minimum atomic E-state index is -2.58. The third kappa shape index (κ3) is 7.35. The maximum Gasteiger partial charge on any atom is 0.375 e. The van der Waals surface area contributed by atoms with Crippen molar-refractivity contribution in [1.82, 2.24) is 0 Å². The molecule has 2 heterocycles. The number of carboxylic acids is 1. The summed E-state index contributed by atoms with van der Waals surface area (Å²) >= 11 is 0. The van der Waals surface area contributed by atoms with E-state index in [0.717, 1.165) is 0 Å². The predicted octanol–water partition coefficient (Wildman–Crippen LogP) is -8.28. The number of aliphatic hydroxyl groups is 11. The Bertz CT molecular complexity index is 751. The quantitative estimate of drug-likeness (QED) is 0.101. The summed E-state index contributed by atoms with van der Waals surface area (Å²) in [7, 11) is 0. The first-order valence-electron chi connectivity index (χ1n) is 11.0. The van der Waals surface area contributed by atoms with Crippen molar-refractivity contribution in [2.45, 2.75) is 85.8 Å². The van der Waals surface area contributed by atoms with Crippen molar-refractivity contribution in [1.29, 1.82) is 0 Å². The molecule has 0 unspecified atom stereocenters. The van der Waals surface area contributed by atoms with Crippen LogP contribution in [0.1, 0.15) is 0 Å². The fraction of sp³-hybridized carbons (Fsp3) is 0.895. The summed E-state index contributed by atoms with van der Waals surface area (Å²) in [6.45, 7) is -2.36. The van der Waals surface area contributed by atoms with Crippen molar-refractivity contribution in [2.24, 2.45) is 0 Å². The van der Waals surface area contributed by atoms with Crippen LogP contribution in [0, 0.1) is 0 Å². The molecule has 2 aliphatic heterocycles. The molecule has 2 saturated heterocycles. The summed E-state index contributed by atoms with van der Waals surface area (Å²) in [4.78, 5) is 21.8. The SMILES string of the molecule is O=C(O)C(=O)[C@H](O)[C@@H](O)[C@H](O)[C@H](O)CO[C@H]1O[C@H](CO[C@H]2O[C@H](CO)[C@@H](O)[C@H](O)[C@H]2O)[C@@H](O)[C@H](O)[C@H]1O. The molecule has 0 spiro atoms. The van der Waals surface area contributed by atoms with Crippen molar-refractivity contribution in [3.8, 4) is 0 Å². The summed E-state index contributed by atoms with van der Waals surface area (Å²) in [5.74, 6) is -3.96. The molecule has 2 rings (SSSR count). The molecule has 18 heteroatoms. The second kappa shape index (κ2) is 13.6. The van der Waals surface area contributed by atoms with Gasteiger partial charge in [-0.25, -0.2) is 4.79 Å². The zero-order valence-corrected chi connectivity index (χ0v) is 19.0. The van der Waals surface area contributed by atoms with Crippen molar-refractivity contribution < 1.29 is 89.8 Å². The number of carbonyl (C=O) groups is 2. The Hall–Kier alpha value is -1.46. The number of hydrogen-bond acceptors (Lipinski definition) is 17. The smallest absolute Gasteiger partial charge is 0.375 e. The van der Waals surface area contributed by atoms with E-state index >= 15 is 0 Å². The molecule has 2 aliphatic rings. The Morgan fingerprint density at radius 3 is 1.70 bits per heavy atom. The highest BCUT2D eigenvalue weighted by atomic mass is 16.7. The molecule has 12 N–H and O–H groups in total. The highest BCUT2D eigenvalue weighted by Crippen LogP contribution is 2.26. The highest BCUT2D eigenvalue weighted by Gasteiger charge is 2.48. The molecule has 0 saturated carbocycles. The number of carbonyl (C=O) groups excluding carboxylic acids is 1. The fourth-order valence-electron chi connectivity index (χ4n) is 3.57. The van der Waals surface area contributed by atoms with Gasteiger partial charge in [-0.2, -0.15) is 0 Å². The monoisotopic (exact) mass is 548 g/mol. The first-order chi connectivity index (χ1) is 17.2. The standard InChI is InChI=1S/C19H32O18/c20-1-5-8(23)11(26)15(30)19(36-5)35-3-6-9(24)12(27)16(31)18(37-6)34-2-4(21)7(22)10(25)13(28)14(29)17(32)33/h4-13,15-16,18-28,30-31H,1-3H2,(H,32,33)/t4-,5-,6-,7-,8-,9-,10+,11+,12+,13-,15-,16-,18+,19+/m1/s1. The molecular formula is C19H32O18. The Morgan fingerprint density at radius 1 is 0.703 bits per heavy atom. The Balaban J connectivity index is 1.96. The zero-order chi connectivity index (χ0) is 28.2. The van der Waals surface area contributed by atoms with Gasteiger partial charge < -0.3 is 80.2 Å². The van der Waals surface area contributed by atoms with Gasteiger partial charge in [0.25, 0.3) is 5.78 Å². The normalized spacial score (nSPS) is 40.0. The Morgan fingerprint density at radius 2 is 1.19 bits per heavy atom. The first kappa shape index (κ1) is 31.8. The van der Waals surface area contributed by atoms with Crippen LogP contribution < -0.4 is 0 Å². The fourth-order valence-corrected chi connectivity index (χ4v) is 3.57. The predicted molar refractivity (Wildman–Crippen MR) is 109 cm³/mol. The molecule has 216 valence electrons. The third-order valence-electron chi connectivity index (χ3n) is 5.92. The maximum absolute atomic E-state index is 11.2. The average molecular weight is 548 g/mol. The van der Waals surface area contributed by atoms with Gasteiger partial charge in [-0.1, -0.05) is 0 Å². The number of hydrogen-bond donors (Lipinski definition) is 12. The van der Waals surface area contributed by atoms with E-state index in [1.165, 1.54) is 0 Å². The third-order valence-corrected chi connectivity index (χ3v) is 5.92. The van der Waals surface area contributed by atoms with E-state index in [4.69, 9.17) is 24.1 Å². The molecule has 0 bridgehead atoms. The van der Waals surface area contributed by atoms with Gasteiger partial charge in [0.15, 0.2) is 18.7 Å². The largest absolute Gasteiger partial charge is 0.475 e. The minimum Gasteiger partial charge on any atom is -0.475 e. The van der Waals surface area contributed by atoms with Gasteiger partial charge in [-0.05, 0) is 0 Å². The van der Waals surface area contributed by atoms with Crippen LogP contribution in [0.2, 0.25) is 0 Å². The lowest BCUT2D eigenvalue weighted by atomic mass is 9.98. The molecule has 0 aliphatic carbocycles. The van der Waals surface area contributed by atoms with Crippen molar-refractivity contribution in [3.63, 3.8) is 0 Å². The van der Waals surface area contributed by atoms with Gasteiger partial charge in [0.05, 0.1) is 19.8 Å². The number of ether oxygens (including phenoxy) is 4. The summed E-state index contributed by atoms with van der Waals surface area (Å²) in [6, 6.07) is 0. The number of aliphatic hydroxyl groups excluding tert-OH is 11. The second-order valence-corrected chi connectivity index (χ2v) is 8.54. The molecule has 2 fully saturated rings. The highest BCUT2D eigenvalue weighted by molar-refractivity contribution is 6.34. The Kier molecular flexibility index (Phi) is 11.6. The van der Waals surface area contributed by atoms with Gasteiger partial charge in [0.1, 0.15) is 67.1 Å². The number of aliphatic carboxylic acids is 1. The number of rotatable bonds is 12. The van der Waals surface area contributed by atoms with Gasteiger partial charge >= 0.3 is 5.97 Å². The van der Waals surface area contributed by atoms with Crippen LogP contribution in [0.5, 0.6) is 0 Å². The van der Waals surface area contributed by atoms with Gasteiger partial charge in [-0.15, -0.1) is 0 Å². The van der Waals surface area contributed by atoms with E-state index in [-0.39, 0.29) is 0 Å². The molecule has 18 nitrogen and oxygen atoms in total. The van der Waals surface area contributed by atoms with E-state index in [2.05, 4.69) is 0 Å². The molecule has 14 atom stereocenters. The number of carboxylic acid groups (broad SMARTS) is 1. The van der Waals surface area contributed by atoms with Crippen LogP contribution in [0.4, 0.5) is 0 Å². The lowest BCUT2D eigenvalue weighted by Gasteiger charge is -2.42. The van der Waals surface area contributed by atoms with Crippen LogP contribution in [0.25, 0.3) is 0 Å². The summed E-state index contributed by atoms with van der Waals surface area (Å²) in [5.41, 5.74) is 0. The maximum atomic E-state index is 11.2. The molecule has 0 aromatic heterocycles. The van der Waals surface area contributed by atoms with Crippen molar-refractivity contribution >= 4 is 11.8 Å². The van der Waals surface area contributed by atoms with Crippen molar-refractivity contribution in [3.05, 3.63) is 0 Å².